The minimum absolute atomic E-state index is 0.0436. The predicted molar refractivity (Wildman–Crippen MR) is 94.8 cm³/mol. The molecule has 136 valence electrons. The minimum atomic E-state index is -1.22. The highest BCUT2D eigenvalue weighted by atomic mass is 16.6. The first-order valence-corrected chi connectivity index (χ1v) is 8.85. The van der Waals surface area contributed by atoms with E-state index in [-0.39, 0.29) is 6.61 Å². The van der Waals surface area contributed by atoms with Crippen LogP contribution in [0.25, 0.3) is 10.9 Å². The van der Waals surface area contributed by atoms with E-state index >= 15 is 0 Å². The monoisotopic (exact) mass is 355 g/mol. The van der Waals surface area contributed by atoms with E-state index in [0.29, 0.717) is 11.8 Å². The number of nitriles is 1. The zero-order valence-electron chi connectivity index (χ0n) is 14.2. The Balaban J connectivity index is 1.44. The van der Waals surface area contributed by atoms with Crippen molar-refractivity contribution in [3.05, 3.63) is 30.3 Å². The molecule has 7 nitrogen and oxygen atoms in total. The van der Waals surface area contributed by atoms with Gasteiger partial charge in [0.1, 0.15) is 36.5 Å². The van der Waals surface area contributed by atoms with Gasteiger partial charge in [-0.15, -0.1) is 0 Å². The second-order valence-electron chi connectivity index (χ2n) is 6.84. The Morgan fingerprint density at radius 2 is 2.04 bits per heavy atom. The van der Waals surface area contributed by atoms with E-state index in [1.54, 1.807) is 0 Å². The molecule has 1 aromatic carbocycles. The van der Waals surface area contributed by atoms with Crippen LogP contribution in [-0.2, 0) is 4.74 Å². The molecule has 4 rings (SSSR count). The summed E-state index contributed by atoms with van der Waals surface area (Å²) in [4.78, 5) is 4.63. The number of nitrogens with zero attached hydrogens (tertiary/aromatic N) is 2. The Hall–Kier alpha value is -2.40. The molecule has 0 spiro atoms. The number of anilines is 1. The summed E-state index contributed by atoms with van der Waals surface area (Å²) < 4.78 is 11.0. The van der Waals surface area contributed by atoms with E-state index in [0.717, 1.165) is 16.7 Å². The molecule has 1 saturated heterocycles. The average Bonchev–Trinajstić information content (AvgIpc) is 2.90. The van der Waals surface area contributed by atoms with E-state index < -0.39 is 24.4 Å². The smallest absolute Gasteiger partial charge is 0.172 e. The highest BCUT2D eigenvalue weighted by Gasteiger charge is 2.43. The first-order valence-electron chi connectivity index (χ1n) is 8.85. The van der Waals surface area contributed by atoms with Gasteiger partial charge in [0.25, 0.3) is 0 Å². The molecule has 1 aromatic heterocycles. The molecular weight excluding hydrogens is 334 g/mol. The lowest BCUT2D eigenvalue weighted by molar-refractivity contribution is -0.00501. The summed E-state index contributed by atoms with van der Waals surface area (Å²) in [6.07, 6.45) is -0.505. The quantitative estimate of drug-likeness (QED) is 0.747. The number of nitrogens with one attached hydrogen (secondary N) is 1. The molecule has 0 amide bonds. The number of rotatable bonds is 5. The van der Waals surface area contributed by atoms with E-state index in [2.05, 4.69) is 10.3 Å². The highest BCUT2D eigenvalue weighted by Crippen LogP contribution is 2.26. The Morgan fingerprint density at radius 3 is 2.73 bits per heavy atom. The fourth-order valence-electron chi connectivity index (χ4n) is 3.20. The molecule has 0 radical (unpaired) electrons. The summed E-state index contributed by atoms with van der Waals surface area (Å²) in [7, 11) is 0. The molecule has 1 aliphatic carbocycles. The second kappa shape index (κ2) is 7.08. The third kappa shape index (κ3) is 3.31. The summed E-state index contributed by atoms with van der Waals surface area (Å²) >= 11 is 0. The number of aromatic nitrogens is 1. The topological polar surface area (TPSA) is 108 Å². The fourth-order valence-corrected chi connectivity index (χ4v) is 3.20. The van der Waals surface area contributed by atoms with E-state index in [1.807, 2.05) is 36.4 Å². The molecule has 1 aliphatic heterocycles. The van der Waals surface area contributed by atoms with Gasteiger partial charge in [0, 0.05) is 17.5 Å². The minimum Gasteiger partial charge on any atom is -0.491 e. The number of aliphatic hydroxyl groups excluding tert-OH is 2. The number of aliphatic hydroxyl groups is 2. The molecule has 7 heteroatoms. The molecule has 4 atom stereocenters. The number of hydrogen-bond acceptors (Lipinski definition) is 7. The first-order chi connectivity index (χ1) is 12.6. The lowest BCUT2D eigenvalue weighted by atomic mass is 9.93. The SMILES string of the molecule is N#CC1OC(COc2ccc3ccc(NC4CCC4)nc3c2)C(O)C1O. The van der Waals surface area contributed by atoms with Crippen LogP contribution in [0.1, 0.15) is 19.3 Å². The van der Waals surface area contributed by atoms with Gasteiger partial charge in [0.2, 0.25) is 0 Å². The van der Waals surface area contributed by atoms with Crippen LogP contribution in [0.2, 0.25) is 0 Å². The summed E-state index contributed by atoms with van der Waals surface area (Å²) in [6, 6.07) is 11.9. The molecule has 1 saturated carbocycles. The zero-order valence-corrected chi connectivity index (χ0v) is 14.2. The molecule has 4 unspecified atom stereocenters. The van der Waals surface area contributed by atoms with Gasteiger partial charge >= 0.3 is 0 Å². The third-order valence-electron chi connectivity index (χ3n) is 5.02. The standard InChI is InChI=1S/C19H21N3O4/c20-9-15-18(23)19(24)16(26-15)10-25-13-6-4-11-5-7-17(22-14(11)8-13)21-12-2-1-3-12/h4-8,12,15-16,18-19,23-24H,1-3,10H2,(H,21,22). The highest BCUT2D eigenvalue weighted by molar-refractivity contribution is 5.81. The lowest BCUT2D eigenvalue weighted by Crippen LogP contribution is -2.34. The van der Waals surface area contributed by atoms with Crippen LogP contribution in [0.15, 0.2) is 30.3 Å². The van der Waals surface area contributed by atoms with E-state index in [9.17, 15) is 10.2 Å². The second-order valence-corrected chi connectivity index (χ2v) is 6.84. The molecule has 2 fully saturated rings. The van der Waals surface area contributed by atoms with Crippen molar-refractivity contribution in [1.29, 1.82) is 5.26 Å². The van der Waals surface area contributed by atoms with Crippen molar-refractivity contribution in [2.24, 2.45) is 0 Å². The van der Waals surface area contributed by atoms with Crippen molar-refractivity contribution in [3.63, 3.8) is 0 Å². The Kier molecular flexibility index (Phi) is 4.64. The number of pyridine rings is 1. The van der Waals surface area contributed by atoms with Gasteiger partial charge in [-0.25, -0.2) is 4.98 Å². The van der Waals surface area contributed by atoms with E-state index in [1.165, 1.54) is 19.3 Å². The van der Waals surface area contributed by atoms with Crippen molar-refractivity contribution in [2.75, 3.05) is 11.9 Å². The zero-order chi connectivity index (χ0) is 18.1. The van der Waals surface area contributed by atoms with Gasteiger partial charge in [0.15, 0.2) is 6.10 Å². The Morgan fingerprint density at radius 1 is 1.23 bits per heavy atom. The molecular formula is C19H21N3O4. The van der Waals surface area contributed by atoms with Crippen LogP contribution < -0.4 is 10.1 Å². The largest absolute Gasteiger partial charge is 0.491 e. The number of hydrogen-bond donors (Lipinski definition) is 3. The van der Waals surface area contributed by atoms with Gasteiger partial charge in [0.05, 0.1) is 11.6 Å². The molecule has 0 bridgehead atoms. The molecule has 2 aromatic rings. The maximum Gasteiger partial charge on any atom is 0.172 e. The number of fused-ring (bicyclic) bond motifs is 1. The van der Waals surface area contributed by atoms with E-state index in [4.69, 9.17) is 14.7 Å². The van der Waals surface area contributed by atoms with Crippen molar-refractivity contribution in [1.82, 2.24) is 4.98 Å². The molecule has 2 aliphatic rings. The van der Waals surface area contributed by atoms with Crippen LogP contribution in [0.4, 0.5) is 5.82 Å². The van der Waals surface area contributed by atoms with Crippen LogP contribution in [0.3, 0.4) is 0 Å². The van der Waals surface area contributed by atoms with Gasteiger partial charge in [-0.2, -0.15) is 5.26 Å². The molecule has 2 heterocycles. The van der Waals surface area contributed by atoms with Crippen LogP contribution >= 0.6 is 0 Å². The third-order valence-corrected chi connectivity index (χ3v) is 5.02. The average molecular weight is 355 g/mol. The summed E-state index contributed by atoms with van der Waals surface area (Å²) in [6.45, 7) is 0.0436. The van der Waals surface area contributed by atoms with Crippen molar-refractivity contribution in [3.8, 4) is 11.8 Å². The number of ether oxygens (including phenoxy) is 2. The van der Waals surface area contributed by atoms with Crippen molar-refractivity contribution >= 4 is 16.7 Å². The fraction of sp³-hybridized carbons (Fsp3) is 0.474. The summed E-state index contributed by atoms with van der Waals surface area (Å²) in [5, 5.41) is 33.0. The van der Waals surface area contributed by atoms with Crippen LogP contribution in [0.5, 0.6) is 5.75 Å². The normalized spacial score (nSPS) is 28.5. The Bertz CT molecular complexity index is 833. The van der Waals surface area contributed by atoms with Gasteiger partial charge in [-0.05, 0) is 43.5 Å². The van der Waals surface area contributed by atoms with Gasteiger partial charge in [-0.1, -0.05) is 0 Å². The van der Waals surface area contributed by atoms with Crippen LogP contribution in [-0.4, -0.2) is 52.3 Å². The summed E-state index contributed by atoms with van der Waals surface area (Å²) in [5.74, 6) is 1.45. The summed E-state index contributed by atoms with van der Waals surface area (Å²) in [5.41, 5.74) is 0.814. The van der Waals surface area contributed by atoms with Gasteiger partial charge in [-0.3, -0.25) is 0 Å². The van der Waals surface area contributed by atoms with Crippen LogP contribution in [0, 0.1) is 11.3 Å². The maximum atomic E-state index is 9.93. The van der Waals surface area contributed by atoms with Crippen molar-refractivity contribution in [2.45, 2.75) is 49.7 Å². The maximum absolute atomic E-state index is 9.93. The lowest BCUT2D eigenvalue weighted by Gasteiger charge is -2.26. The molecule has 3 N–H and O–H groups in total. The first kappa shape index (κ1) is 17.0. The van der Waals surface area contributed by atoms with Gasteiger partial charge < -0.3 is 25.0 Å². The van der Waals surface area contributed by atoms with Crippen molar-refractivity contribution < 1.29 is 19.7 Å². The Labute approximate surface area is 151 Å². The molecule has 26 heavy (non-hydrogen) atoms. The predicted octanol–water partition coefficient (Wildman–Crippen LogP) is 1.59. The number of benzene rings is 1.